The summed E-state index contributed by atoms with van der Waals surface area (Å²) in [6.45, 7) is 5.39. The first-order chi connectivity index (χ1) is 9.22. The van der Waals surface area contributed by atoms with Crippen LogP contribution in [0.5, 0.6) is 0 Å². The molecule has 5 nitrogen and oxygen atoms in total. The second kappa shape index (κ2) is 7.08. The van der Waals surface area contributed by atoms with Crippen LogP contribution in [0.3, 0.4) is 0 Å². The first-order valence-corrected chi connectivity index (χ1v) is 7.57. The quantitative estimate of drug-likeness (QED) is 0.711. The summed E-state index contributed by atoms with van der Waals surface area (Å²) in [6, 6.07) is 2.23. The molecule has 0 saturated carbocycles. The predicted molar refractivity (Wildman–Crippen MR) is 85.0 cm³/mol. The minimum atomic E-state index is -1.06. The standard InChI is InChI=1S/C13H16Br2N2O3/c1-6(2)10(12(18)19)16-13(20)17-11-8(14)4-7(3)5-9(11)15/h4-6,10H,1-3H3,(H,18,19)(H2,16,17,20)/t10-/m0/s1. The zero-order chi connectivity index (χ0) is 15.4. The summed E-state index contributed by atoms with van der Waals surface area (Å²) in [5.41, 5.74) is 1.58. The third-order valence-corrected chi connectivity index (χ3v) is 3.90. The van der Waals surface area contributed by atoms with Crippen molar-refractivity contribution in [3.63, 3.8) is 0 Å². The van der Waals surface area contributed by atoms with E-state index in [1.54, 1.807) is 13.8 Å². The SMILES string of the molecule is Cc1cc(Br)c(NC(=O)N[C@H](C(=O)O)C(C)C)c(Br)c1. The number of hydrogen-bond donors (Lipinski definition) is 3. The molecule has 0 bridgehead atoms. The number of rotatable bonds is 4. The van der Waals surface area contributed by atoms with Gasteiger partial charge in [0.05, 0.1) is 5.69 Å². The van der Waals surface area contributed by atoms with Gasteiger partial charge in [0.2, 0.25) is 0 Å². The molecule has 7 heteroatoms. The van der Waals surface area contributed by atoms with Crippen molar-refractivity contribution in [1.29, 1.82) is 0 Å². The maximum absolute atomic E-state index is 11.9. The van der Waals surface area contributed by atoms with Crippen molar-refractivity contribution >= 4 is 49.5 Å². The van der Waals surface area contributed by atoms with Crippen molar-refractivity contribution in [3.8, 4) is 0 Å². The van der Waals surface area contributed by atoms with E-state index >= 15 is 0 Å². The highest BCUT2D eigenvalue weighted by atomic mass is 79.9. The first-order valence-electron chi connectivity index (χ1n) is 5.98. The number of amides is 2. The van der Waals surface area contributed by atoms with Crippen LogP contribution in [0.15, 0.2) is 21.1 Å². The first kappa shape index (κ1) is 17.0. The number of carbonyl (C=O) groups is 2. The molecule has 1 aromatic carbocycles. The maximum atomic E-state index is 11.9. The molecule has 20 heavy (non-hydrogen) atoms. The zero-order valence-electron chi connectivity index (χ0n) is 11.3. The molecule has 0 aliphatic carbocycles. The van der Waals surface area contributed by atoms with Gasteiger partial charge in [0.25, 0.3) is 0 Å². The maximum Gasteiger partial charge on any atom is 0.326 e. The number of benzene rings is 1. The van der Waals surface area contributed by atoms with Gasteiger partial charge in [0.15, 0.2) is 0 Å². The number of aliphatic carboxylic acids is 1. The van der Waals surface area contributed by atoms with E-state index in [1.165, 1.54) is 0 Å². The average Bonchev–Trinajstić information content (AvgIpc) is 2.29. The summed E-state index contributed by atoms with van der Waals surface area (Å²) in [6.07, 6.45) is 0. The Morgan fingerprint density at radius 1 is 1.20 bits per heavy atom. The van der Waals surface area contributed by atoms with Gasteiger partial charge in [-0.05, 0) is 62.4 Å². The van der Waals surface area contributed by atoms with Gasteiger partial charge in [0, 0.05) is 8.95 Å². The molecule has 2 amide bonds. The van der Waals surface area contributed by atoms with Crippen LogP contribution >= 0.6 is 31.9 Å². The molecule has 0 aliphatic heterocycles. The third-order valence-electron chi connectivity index (χ3n) is 2.64. The van der Waals surface area contributed by atoms with Gasteiger partial charge >= 0.3 is 12.0 Å². The summed E-state index contributed by atoms with van der Waals surface area (Å²) < 4.78 is 1.44. The number of carboxylic acids is 1. The molecule has 3 N–H and O–H groups in total. The molecule has 0 fully saturated rings. The van der Waals surface area contributed by atoms with Gasteiger partial charge in [-0.3, -0.25) is 0 Å². The Morgan fingerprint density at radius 3 is 2.10 bits per heavy atom. The third kappa shape index (κ3) is 4.49. The van der Waals surface area contributed by atoms with Gasteiger partial charge in [-0.2, -0.15) is 0 Å². The molecule has 0 spiro atoms. The molecule has 0 aliphatic rings. The molecule has 0 unspecified atom stereocenters. The number of aryl methyl sites for hydroxylation is 1. The van der Waals surface area contributed by atoms with Crippen molar-refractivity contribution in [3.05, 3.63) is 26.6 Å². The number of carbonyl (C=O) groups excluding carboxylic acids is 1. The van der Waals surface area contributed by atoms with Crippen LogP contribution in [0.25, 0.3) is 0 Å². The van der Waals surface area contributed by atoms with E-state index in [4.69, 9.17) is 5.11 Å². The molecule has 1 rings (SSSR count). The van der Waals surface area contributed by atoms with E-state index in [-0.39, 0.29) is 5.92 Å². The van der Waals surface area contributed by atoms with Crippen LogP contribution in [0.2, 0.25) is 0 Å². The molecule has 0 saturated heterocycles. The Labute approximate surface area is 134 Å². The van der Waals surface area contributed by atoms with Crippen LogP contribution in [0, 0.1) is 12.8 Å². The number of nitrogens with one attached hydrogen (secondary N) is 2. The van der Waals surface area contributed by atoms with Gasteiger partial charge in [0.1, 0.15) is 6.04 Å². The lowest BCUT2D eigenvalue weighted by Crippen LogP contribution is -2.46. The number of halogens is 2. The van der Waals surface area contributed by atoms with E-state index in [1.807, 2.05) is 19.1 Å². The molecule has 0 aromatic heterocycles. The Bertz CT molecular complexity index is 509. The monoisotopic (exact) mass is 406 g/mol. The lowest BCUT2D eigenvalue weighted by atomic mass is 10.1. The Morgan fingerprint density at radius 2 is 1.70 bits per heavy atom. The topological polar surface area (TPSA) is 78.4 Å². The summed E-state index contributed by atoms with van der Waals surface area (Å²) in [5, 5.41) is 14.1. The summed E-state index contributed by atoms with van der Waals surface area (Å²) in [5.74, 6) is -1.26. The highest BCUT2D eigenvalue weighted by Gasteiger charge is 2.23. The lowest BCUT2D eigenvalue weighted by molar-refractivity contribution is -0.140. The van der Waals surface area contributed by atoms with Gasteiger partial charge < -0.3 is 15.7 Å². The number of hydrogen-bond acceptors (Lipinski definition) is 2. The minimum absolute atomic E-state index is 0.205. The molecular weight excluding hydrogens is 392 g/mol. The summed E-state index contributed by atoms with van der Waals surface area (Å²) in [4.78, 5) is 22.9. The van der Waals surface area contributed by atoms with Gasteiger partial charge in [-0.1, -0.05) is 13.8 Å². The highest BCUT2D eigenvalue weighted by Crippen LogP contribution is 2.32. The predicted octanol–water partition coefficient (Wildman–Crippen LogP) is 3.75. The van der Waals surface area contributed by atoms with Crippen molar-refractivity contribution < 1.29 is 14.7 Å². The van der Waals surface area contributed by atoms with Gasteiger partial charge in [-0.25, -0.2) is 9.59 Å². The Balaban J connectivity index is 2.84. The Hall–Kier alpha value is -1.08. The number of urea groups is 1. The van der Waals surface area contributed by atoms with E-state index in [9.17, 15) is 9.59 Å². The second-order valence-electron chi connectivity index (χ2n) is 4.76. The summed E-state index contributed by atoms with van der Waals surface area (Å²) in [7, 11) is 0. The number of anilines is 1. The van der Waals surface area contributed by atoms with Crippen molar-refractivity contribution in [1.82, 2.24) is 5.32 Å². The van der Waals surface area contributed by atoms with Crippen molar-refractivity contribution in [2.45, 2.75) is 26.8 Å². The summed E-state index contributed by atoms with van der Waals surface area (Å²) >= 11 is 6.72. The van der Waals surface area contributed by atoms with Crippen molar-refractivity contribution in [2.24, 2.45) is 5.92 Å². The molecular formula is C13H16Br2N2O3. The molecule has 1 aromatic rings. The molecule has 0 heterocycles. The van der Waals surface area contributed by atoms with E-state index in [0.29, 0.717) is 5.69 Å². The number of carboxylic acid groups (broad SMARTS) is 1. The molecule has 1 atom stereocenters. The normalized spacial score (nSPS) is 12.1. The second-order valence-corrected chi connectivity index (χ2v) is 6.47. The molecule has 110 valence electrons. The zero-order valence-corrected chi connectivity index (χ0v) is 14.5. The van der Waals surface area contributed by atoms with E-state index < -0.39 is 18.0 Å². The van der Waals surface area contributed by atoms with Crippen LogP contribution in [-0.2, 0) is 4.79 Å². The lowest BCUT2D eigenvalue weighted by Gasteiger charge is -2.19. The van der Waals surface area contributed by atoms with Crippen LogP contribution in [-0.4, -0.2) is 23.1 Å². The average molecular weight is 408 g/mol. The fourth-order valence-electron chi connectivity index (χ4n) is 1.62. The fourth-order valence-corrected chi connectivity index (χ4v) is 3.24. The highest BCUT2D eigenvalue weighted by molar-refractivity contribution is 9.11. The minimum Gasteiger partial charge on any atom is -0.480 e. The van der Waals surface area contributed by atoms with E-state index in [0.717, 1.165) is 14.5 Å². The van der Waals surface area contributed by atoms with Gasteiger partial charge in [-0.15, -0.1) is 0 Å². The molecule has 0 radical (unpaired) electrons. The van der Waals surface area contributed by atoms with Crippen LogP contribution in [0.1, 0.15) is 19.4 Å². The largest absolute Gasteiger partial charge is 0.480 e. The smallest absolute Gasteiger partial charge is 0.326 e. The van der Waals surface area contributed by atoms with Crippen molar-refractivity contribution in [2.75, 3.05) is 5.32 Å². The van der Waals surface area contributed by atoms with Crippen LogP contribution < -0.4 is 10.6 Å². The fraction of sp³-hybridized carbons (Fsp3) is 0.385. The van der Waals surface area contributed by atoms with E-state index in [2.05, 4.69) is 42.5 Å². The van der Waals surface area contributed by atoms with Crippen LogP contribution in [0.4, 0.5) is 10.5 Å². The Kier molecular flexibility index (Phi) is 6.01.